The number of halogens is 3. The molecule has 116 valence electrons. The lowest BCUT2D eigenvalue weighted by molar-refractivity contribution is -0.174. The summed E-state index contributed by atoms with van der Waals surface area (Å²) in [6, 6.07) is 0. The van der Waals surface area contributed by atoms with Crippen molar-refractivity contribution in [2.45, 2.75) is 18.3 Å². The van der Waals surface area contributed by atoms with Gasteiger partial charge in [0.2, 0.25) is 0 Å². The SMILES string of the molecule is C[C@H]1CN=C(N2CCN(CCOCC(F)(F)F)CC2)S1. The fraction of sp³-hybridized carbons (Fsp3) is 0.917. The number of thioether (sulfide) groups is 1. The van der Waals surface area contributed by atoms with E-state index in [2.05, 4.69) is 26.5 Å². The zero-order valence-corrected chi connectivity index (χ0v) is 12.3. The number of nitrogens with zero attached hydrogens (tertiary/aromatic N) is 3. The molecule has 0 N–H and O–H groups in total. The molecule has 8 heteroatoms. The molecule has 4 nitrogen and oxygen atoms in total. The highest BCUT2D eigenvalue weighted by atomic mass is 32.2. The zero-order valence-electron chi connectivity index (χ0n) is 11.5. The Morgan fingerprint density at radius 2 is 2.00 bits per heavy atom. The van der Waals surface area contributed by atoms with Gasteiger partial charge >= 0.3 is 6.18 Å². The van der Waals surface area contributed by atoms with Gasteiger partial charge in [-0.3, -0.25) is 9.89 Å². The van der Waals surface area contributed by atoms with Crippen molar-refractivity contribution in [3.8, 4) is 0 Å². The average molecular weight is 311 g/mol. The molecule has 20 heavy (non-hydrogen) atoms. The second-order valence-electron chi connectivity index (χ2n) is 5.05. The molecule has 0 aliphatic carbocycles. The van der Waals surface area contributed by atoms with Crippen LogP contribution in [0, 0.1) is 0 Å². The van der Waals surface area contributed by atoms with E-state index in [0.717, 1.165) is 37.9 Å². The van der Waals surface area contributed by atoms with E-state index in [1.54, 1.807) is 11.8 Å². The summed E-state index contributed by atoms with van der Waals surface area (Å²) < 4.78 is 40.4. The predicted molar refractivity (Wildman–Crippen MR) is 74.2 cm³/mol. The van der Waals surface area contributed by atoms with Crippen molar-refractivity contribution in [1.82, 2.24) is 9.80 Å². The number of hydrogen-bond acceptors (Lipinski definition) is 5. The maximum Gasteiger partial charge on any atom is 0.411 e. The number of amidine groups is 1. The molecular weight excluding hydrogens is 291 g/mol. The van der Waals surface area contributed by atoms with Crippen LogP contribution in [0.5, 0.6) is 0 Å². The average Bonchev–Trinajstić information content (AvgIpc) is 2.81. The van der Waals surface area contributed by atoms with Gasteiger partial charge in [0.1, 0.15) is 6.61 Å². The largest absolute Gasteiger partial charge is 0.411 e. The third-order valence-corrected chi connectivity index (χ3v) is 4.40. The van der Waals surface area contributed by atoms with E-state index >= 15 is 0 Å². The Bertz CT molecular complexity index is 343. The van der Waals surface area contributed by atoms with Gasteiger partial charge in [-0.05, 0) is 0 Å². The second-order valence-corrected chi connectivity index (χ2v) is 6.45. The lowest BCUT2D eigenvalue weighted by atomic mass is 10.3. The van der Waals surface area contributed by atoms with Crippen LogP contribution < -0.4 is 0 Å². The third kappa shape index (κ3) is 5.14. The highest BCUT2D eigenvalue weighted by Gasteiger charge is 2.28. The van der Waals surface area contributed by atoms with Gasteiger partial charge in [-0.1, -0.05) is 18.7 Å². The molecule has 1 atom stereocenters. The molecule has 0 amide bonds. The minimum atomic E-state index is -4.23. The summed E-state index contributed by atoms with van der Waals surface area (Å²) in [6.45, 7) is 6.05. The van der Waals surface area contributed by atoms with Crippen molar-refractivity contribution in [3.05, 3.63) is 0 Å². The van der Waals surface area contributed by atoms with Crippen molar-refractivity contribution in [2.24, 2.45) is 4.99 Å². The summed E-state index contributed by atoms with van der Waals surface area (Å²) in [5, 5.41) is 1.67. The Morgan fingerprint density at radius 3 is 2.55 bits per heavy atom. The Labute approximate surface area is 121 Å². The van der Waals surface area contributed by atoms with Crippen molar-refractivity contribution >= 4 is 16.9 Å². The Kier molecular flexibility index (Phi) is 5.57. The smallest absolute Gasteiger partial charge is 0.371 e. The van der Waals surface area contributed by atoms with E-state index in [0.29, 0.717) is 11.8 Å². The van der Waals surface area contributed by atoms with E-state index in [1.165, 1.54) is 0 Å². The number of alkyl halides is 3. The van der Waals surface area contributed by atoms with Gasteiger partial charge < -0.3 is 9.64 Å². The molecule has 2 aliphatic rings. The van der Waals surface area contributed by atoms with Gasteiger partial charge in [-0.25, -0.2) is 0 Å². The molecule has 0 radical (unpaired) electrons. The lowest BCUT2D eigenvalue weighted by Gasteiger charge is -2.35. The van der Waals surface area contributed by atoms with Crippen LogP contribution in [-0.4, -0.2) is 78.9 Å². The van der Waals surface area contributed by atoms with Crippen LogP contribution in [0.1, 0.15) is 6.92 Å². The summed E-state index contributed by atoms with van der Waals surface area (Å²) in [5.74, 6) is 0. The molecule has 0 aromatic heterocycles. The zero-order chi connectivity index (χ0) is 14.6. The molecule has 0 bridgehead atoms. The number of aliphatic imine (C=N–C) groups is 1. The van der Waals surface area contributed by atoms with E-state index in [4.69, 9.17) is 0 Å². The van der Waals surface area contributed by atoms with Crippen LogP contribution in [0.4, 0.5) is 13.2 Å². The number of hydrogen-bond donors (Lipinski definition) is 0. The number of ether oxygens (including phenoxy) is 1. The van der Waals surface area contributed by atoms with Crippen LogP contribution in [0.15, 0.2) is 4.99 Å². The quantitative estimate of drug-likeness (QED) is 0.739. The van der Waals surface area contributed by atoms with E-state index < -0.39 is 12.8 Å². The summed E-state index contributed by atoms with van der Waals surface area (Å²) >= 11 is 1.81. The highest BCUT2D eigenvalue weighted by molar-refractivity contribution is 8.14. The Hall–Kier alpha value is -0.470. The fourth-order valence-electron chi connectivity index (χ4n) is 2.18. The first-order chi connectivity index (χ1) is 9.44. The summed E-state index contributed by atoms with van der Waals surface area (Å²) in [6.07, 6.45) is -4.23. The van der Waals surface area contributed by atoms with Crippen molar-refractivity contribution in [2.75, 3.05) is 52.5 Å². The molecule has 0 spiro atoms. The van der Waals surface area contributed by atoms with Crippen LogP contribution >= 0.6 is 11.8 Å². The normalized spacial score (nSPS) is 25.1. The monoisotopic (exact) mass is 311 g/mol. The van der Waals surface area contributed by atoms with Gasteiger partial charge in [-0.2, -0.15) is 13.2 Å². The van der Waals surface area contributed by atoms with Gasteiger partial charge in [-0.15, -0.1) is 0 Å². The van der Waals surface area contributed by atoms with Gasteiger partial charge in [0.05, 0.1) is 13.2 Å². The molecule has 0 aromatic carbocycles. The molecule has 0 saturated carbocycles. The van der Waals surface area contributed by atoms with E-state index in [1.807, 2.05) is 0 Å². The van der Waals surface area contributed by atoms with Crippen molar-refractivity contribution in [1.29, 1.82) is 0 Å². The van der Waals surface area contributed by atoms with Gasteiger partial charge in [0, 0.05) is 38.0 Å². The summed E-state index contributed by atoms with van der Waals surface area (Å²) in [7, 11) is 0. The minimum Gasteiger partial charge on any atom is -0.371 e. The van der Waals surface area contributed by atoms with Crippen molar-refractivity contribution in [3.63, 3.8) is 0 Å². The molecule has 1 fully saturated rings. The second kappa shape index (κ2) is 7.00. The highest BCUT2D eigenvalue weighted by Crippen LogP contribution is 2.23. The predicted octanol–water partition coefficient (Wildman–Crippen LogP) is 1.67. The molecule has 2 heterocycles. The van der Waals surface area contributed by atoms with Gasteiger partial charge in [0.15, 0.2) is 5.17 Å². The van der Waals surface area contributed by atoms with Crippen LogP contribution in [0.2, 0.25) is 0 Å². The number of piperazine rings is 1. The maximum atomic E-state index is 11.9. The van der Waals surface area contributed by atoms with Crippen LogP contribution in [-0.2, 0) is 4.74 Å². The molecular formula is C12H20F3N3OS. The first kappa shape index (κ1) is 15.9. The Morgan fingerprint density at radius 1 is 1.30 bits per heavy atom. The molecule has 0 unspecified atom stereocenters. The third-order valence-electron chi connectivity index (χ3n) is 3.25. The van der Waals surface area contributed by atoms with E-state index in [9.17, 15) is 13.2 Å². The van der Waals surface area contributed by atoms with Crippen LogP contribution in [0.3, 0.4) is 0 Å². The molecule has 2 aliphatic heterocycles. The van der Waals surface area contributed by atoms with Crippen LogP contribution in [0.25, 0.3) is 0 Å². The standard InChI is InChI=1S/C12H20F3N3OS/c1-10-8-16-11(20-10)18-4-2-17(3-5-18)6-7-19-9-12(13,14)15/h10H,2-9H2,1H3/t10-/m0/s1. The van der Waals surface area contributed by atoms with E-state index in [-0.39, 0.29) is 6.61 Å². The molecule has 0 aromatic rings. The fourth-order valence-corrected chi connectivity index (χ4v) is 3.17. The maximum absolute atomic E-state index is 11.9. The first-order valence-electron chi connectivity index (χ1n) is 6.77. The molecule has 2 rings (SSSR count). The Balaban J connectivity index is 1.60. The lowest BCUT2D eigenvalue weighted by Crippen LogP contribution is -2.48. The van der Waals surface area contributed by atoms with Crippen molar-refractivity contribution < 1.29 is 17.9 Å². The molecule has 1 saturated heterocycles. The first-order valence-corrected chi connectivity index (χ1v) is 7.65. The van der Waals surface area contributed by atoms with Gasteiger partial charge in [0.25, 0.3) is 0 Å². The summed E-state index contributed by atoms with van der Waals surface area (Å²) in [4.78, 5) is 8.91. The minimum absolute atomic E-state index is 0.131. The summed E-state index contributed by atoms with van der Waals surface area (Å²) in [5.41, 5.74) is 0. The number of rotatable bonds is 4. The topological polar surface area (TPSA) is 28.1 Å².